The second-order valence-corrected chi connectivity index (χ2v) is 5.32. The molecule has 0 unspecified atom stereocenters. The summed E-state index contributed by atoms with van der Waals surface area (Å²) in [5, 5.41) is 2.83. The first kappa shape index (κ1) is 14.5. The van der Waals surface area contributed by atoms with E-state index in [0.29, 0.717) is 6.42 Å². The lowest BCUT2D eigenvalue weighted by Gasteiger charge is -2.11. The number of hydrogen-bond acceptors (Lipinski definition) is 2. The quantitative estimate of drug-likeness (QED) is 0.885. The van der Waals surface area contributed by atoms with Crippen LogP contribution in [-0.2, 0) is 9.59 Å². The molecule has 0 aromatic heterocycles. The van der Waals surface area contributed by atoms with Crippen molar-refractivity contribution in [2.75, 3.05) is 5.32 Å². The fourth-order valence-corrected chi connectivity index (χ4v) is 2.43. The highest BCUT2D eigenvalue weighted by Crippen LogP contribution is 2.19. The molecule has 2 rings (SSSR count). The Morgan fingerprint density at radius 2 is 2.05 bits per heavy atom. The van der Waals surface area contributed by atoms with Crippen molar-refractivity contribution in [3.63, 3.8) is 0 Å². The van der Waals surface area contributed by atoms with Crippen LogP contribution in [0.3, 0.4) is 0 Å². The first-order valence-corrected chi connectivity index (χ1v) is 7.24. The zero-order valence-corrected chi connectivity index (χ0v) is 11.9. The van der Waals surface area contributed by atoms with Crippen molar-refractivity contribution < 1.29 is 9.59 Å². The fraction of sp³-hybridized carbons (Fsp3) is 0.412. The van der Waals surface area contributed by atoms with Gasteiger partial charge in [0, 0.05) is 18.5 Å². The van der Waals surface area contributed by atoms with Gasteiger partial charge < -0.3 is 5.32 Å². The molecule has 0 bridgehead atoms. The minimum absolute atomic E-state index is 0.0969. The molecule has 0 saturated heterocycles. The molecule has 1 aromatic carbocycles. The molecule has 1 aromatic rings. The molecule has 0 fully saturated rings. The maximum atomic E-state index is 12.0. The number of amides is 1. The molecule has 0 spiro atoms. The van der Waals surface area contributed by atoms with Crippen molar-refractivity contribution in [2.24, 2.45) is 0 Å². The molecule has 0 atom stereocenters. The van der Waals surface area contributed by atoms with Gasteiger partial charge in [-0.1, -0.05) is 18.2 Å². The van der Waals surface area contributed by atoms with E-state index in [1.165, 1.54) is 6.42 Å². The Balaban J connectivity index is 1.80. The van der Waals surface area contributed by atoms with E-state index in [1.807, 2.05) is 37.3 Å². The SMILES string of the molecule is Cc1cccc(NC(=O)CCC(=O)C2=CCCCC2)c1. The second kappa shape index (κ2) is 7.04. The number of nitrogens with one attached hydrogen (secondary N) is 1. The number of benzene rings is 1. The summed E-state index contributed by atoms with van der Waals surface area (Å²) in [5.41, 5.74) is 2.81. The van der Waals surface area contributed by atoms with Gasteiger partial charge in [0.15, 0.2) is 5.78 Å². The number of rotatable bonds is 5. The van der Waals surface area contributed by atoms with Gasteiger partial charge in [0.25, 0.3) is 0 Å². The molecule has 106 valence electrons. The van der Waals surface area contributed by atoms with E-state index in [4.69, 9.17) is 0 Å². The number of carbonyl (C=O) groups is 2. The third kappa shape index (κ3) is 4.34. The van der Waals surface area contributed by atoms with Crippen LogP contribution in [0.15, 0.2) is 35.9 Å². The van der Waals surface area contributed by atoms with Crippen molar-refractivity contribution in [2.45, 2.75) is 45.4 Å². The van der Waals surface area contributed by atoms with Crippen molar-refractivity contribution in [1.82, 2.24) is 0 Å². The van der Waals surface area contributed by atoms with E-state index in [2.05, 4.69) is 5.32 Å². The second-order valence-electron chi connectivity index (χ2n) is 5.32. The fourth-order valence-electron chi connectivity index (χ4n) is 2.43. The number of hydrogen-bond donors (Lipinski definition) is 1. The molecule has 3 nitrogen and oxygen atoms in total. The molecule has 20 heavy (non-hydrogen) atoms. The van der Waals surface area contributed by atoms with Crippen LogP contribution in [0, 0.1) is 6.92 Å². The molecule has 1 aliphatic carbocycles. The summed E-state index contributed by atoms with van der Waals surface area (Å²) in [6.45, 7) is 1.98. The van der Waals surface area contributed by atoms with E-state index in [0.717, 1.165) is 36.1 Å². The van der Waals surface area contributed by atoms with Gasteiger partial charge in [-0.15, -0.1) is 0 Å². The van der Waals surface area contributed by atoms with Gasteiger partial charge in [-0.3, -0.25) is 9.59 Å². The maximum Gasteiger partial charge on any atom is 0.224 e. The van der Waals surface area contributed by atoms with E-state index in [9.17, 15) is 9.59 Å². The predicted molar refractivity (Wildman–Crippen MR) is 80.6 cm³/mol. The molecule has 3 heteroatoms. The Kier molecular flexibility index (Phi) is 5.10. The summed E-state index contributed by atoms with van der Waals surface area (Å²) in [6, 6.07) is 7.66. The Hall–Kier alpha value is -1.90. The number of carbonyl (C=O) groups excluding carboxylic acids is 2. The standard InChI is InChI=1S/C17H21NO2/c1-13-6-5-9-15(12-13)18-17(20)11-10-16(19)14-7-3-2-4-8-14/h5-7,9,12H,2-4,8,10-11H2,1H3,(H,18,20). The van der Waals surface area contributed by atoms with Gasteiger partial charge in [0.2, 0.25) is 5.91 Å². The first-order chi connectivity index (χ1) is 9.65. The Morgan fingerprint density at radius 3 is 2.75 bits per heavy atom. The average molecular weight is 271 g/mol. The van der Waals surface area contributed by atoms with Crippen molar-refractivity contribution in [1.29, 1.82) is 0 Å². The molecular formula is C17H21NO2. The van der Waals surface area contributed by atoms with Crippen LogP contribution >= 0.6 is 0 Å². The Labute approximate surface area is 120 Å². The highest BCUT2D eigenvalue weighted by atomic mass is 16.2. The van der Waals surface area contributed by atoms with Crippen molar-refractivity contribution in [3.8, 4) is 0 Å². The van der Waals surface area contributed by atoms with Gasteiger partial charge in [-0.05, 0) is 55.9 Å². The van der Waals surface area contributed by atoms with Crippen molar-refractivity contribution in [3.05, 3.63) is 41.5 Å². The number of anilines is 1. The van der Waals surface area contributed by atoms with Gasteiger partial charge in [0.05, 0.1) is 0 Å². The first-order valence-electron chi connectivity index (χ1n) is 7.24. The molecule has 0 saturated carbocycles. The summed E-state index contributed by atoms with van der Waals surface area (Å²) in [5.74, 6) is 0.0319. The molecule has 0 heterocycles. The smallest absolute Gasteiger partial charge is 0.224 e. The molecule has 0 radical (unpaired) electrons. The number of allylic oxidation sites excluding steroid dienone is 2. The third-order valence-electron chi connectivity index (χ3n) is 3.53. The lowest BCUT2D eigenvalue weighted by Crippen LogP contribution is -2.14. The van der Waals surface area contributed by atoms with E-state index in [1.54, 1.807) is 0 Å². The minimum Gasteiger partial charge on any atom is -0.326 e. The summed E-state index contributed by atoms with van der Waals surface area (Å²) in [7, 11) is 0. The van der Waals surface area contributed by atoms with E-state index in [-0.39, 0.29) is 18.1 Å². The largest absolute Gasteiger partial charge is 0.326 e. The zero-order valence-electron chi connectivity index (χ0n) is 11.9. The number of ketones is 1. The van der Waals surface area contributed by atoms with Crippen LogP contribution in [0.1, 0.15) is 44.1 Å². The molecule has 1 aliphatic rings. The topological polar surface area (TPSA) is 46.2 Å². The van der Waals surface area contributed by atoms with Gasteiger partial charge >= 0.3 is 0 Å². The van der Waals surface area contributed by atoms with Crippen LogP contribution in [0.4, 0.5) is 5.69 Å². The maximum absolute atomic E-state index is 12.0. The number of Topliss-reactive ketones (excluding diaryl/α,β-unsaturated/α-hetero) is 1. The molecule has 1 amide bonds. The van der Waals surface area contributed by atoms with Crippen LogP contribution in [0.5, 0.6) is 0 Å². The van der Waals surface area contributed by atoms with E-state index < -0.39 is 0 Å². The molecular weight excluding hydrogens is 250 g/mol. The average Bonchev–Trinajstić information content (AvgIpc) is 2.46. The van der Waals surface area contributed by atoms with Crippen molar-refractivity contribution >= 4 is 17.4 Å². The normalized spacial score (nSPS) is 14.6. The van der Waals surface area contributed by atoms with Gasteiger partial charge in [0.1, 0.15) is 0 Å². The molecule has 0 aliphatic heterocycles. The summed E-state index contributed by atoms with van der Waals surface area (Å²) >= 11 is 0. The minimum atomic E-state index is -0.0969. The predicted octanol–water partition coefficient (Wildman–Crippen LogP) is 3.78. The Bertz CT molecular complexity index is 532. The monoisotopic (exact) mass is 271 g/mol. The summed E-state index contributed by atoms with van der Waals surface area (Å²) < 4.78 is 0. The highest BCUT2D eigenvalue weighted by Gasteiger charge is 2.13. The summed E-state index contributed by atoms with van der Waals surface area (Å²) in [4.78, 5) is 23.8. The zero-order chi connectivity index (χ0) is 14.4. The Morgan fingerprint density at radius 1 is 1.20 bits per heavy atom. The van der Waals surface area contributed by atoms with E-state index >= 15 is 0 Å². The van der Waals surface area contributed by atoms with Gasteiger partial charge in [-0.2, -0.15) is 0 Å². The molecule has 1 N–H and O–H groups in total. The summed E-state index contributed by atoms with van der Waals surface area (Å²) in [6.07, 6.45) is 6.73. The van der Waals surface area contributed by atoms with Gasteiger partial charge in [-0.25, -0.2) is 0 Å². The van der Waals surface area contributed by atoms with Crippen LogP contribution in [-0.4, -0.2) is 11.7 Å². The third-order valence-corrected chi connectivity index (χ3v) is 3.53. The number of aryl methyl sites for hydroxylation is 1. The van der Waals surface area contributed by atoms with Crippen LogP contribution < -0.4 is 5.32 Å². The lowest BCUT2D eigenvalue weighted by atomic mass is 9.94. The highest BCUT2D eigenvalue weighted by molar-refractivity contribution is 5.99. The van der Waals surface area contributed by atoms with Crippen LogP contribution in [0.25, 0.3) is 0 Å². The lowest BCUT2D eigenvalue weighted by molar-refractivity contribution is -0.121. The van der Waals surface area contributed by atoms with Crippen LogP contribution in [0.2, 0.25) is 0 Å².